The summed E-state index contributed by atoms with van der Waals surface area (Å²) in [6.07, 6.45) is 1.14. The molecule has 1 saturated heterocycles. The number of nitrogens with zero attached hydrogens (tertiary/aromatic N) is 1. The van der Waals surface area contributed by atoms with Crippen molar-refractivity contribution in [2.24, 2.45) is 5.92 Å². The van der Waals surface area contributed by atoms with Crippen LogP contribution in [0.4, 0.5) is 0 Å². The second-order valence-corrected chi connectivity index (χ2v) is 8.41. The summed E-state index contributed by atoms with van der Waals surface area (Å²) in [7, 11) is 1.70. The highest BCUT2D eigenvalue weighted by molar-refractivity contribution is 8.13. The second kappa shape index (κ2) is 5.50. The lowest BCUT2D eigenvalue weighted by Gasteiger charge is -2.17. The van der Waals surface area contributed by atoms with Gasteiger partial charge in [0.1, 0.15) is 5.75 Å². The SMILES string of the molecule is O=C1CC(CS(=O)(=O)Cl)CN1Cc1ccc2c(c1)CCO2. The molecule has 0 radical (unpaired) electrons. The predicted molar refractivity (Wildman–Crippen MR) is 78.8 cm³/mol. The minimum Gasteiger partial charge on any atom is -0.493 e. The molecule has 2 aliphatic heterocycles. The van der Waals surface area contributed by atoms with E-state index in [4.69, 9.17) is 15.4 Å². The Labute approximate surface area is 128 Å². The molecule has 7 heteroatoms. The summed E-state index contributed by atoms with van der Waals surface area (Å²) >= 11 is 0. The maximum Gasteiger partial charge on any atom is 0.232 e. The number of benzene rings is 1. The topological polar surface area (TPSA) is 63.7 Å². The summed E-state index contributed by atoms with van der Waals surface area (Å²) in [5, 5.41) is 0. The molecule has 0 spiro atoms. The number of likely N-dealkylation sites (tertiary alicyclic amines) is 1. The Balaban J connectivity index is 1.67. The highest BCUT2D eigenvalue weighted by atomic mass is 35.7. The molecule has 21 heavy (non-hydrogen) atoms. The van der Waals surface area contributed by atoms with Gasteiger partial charge in [-0.1, -0.05) is 12.1 Å². The maximum absolute atomic E-state index is 12.0. The first-order chi connectivity index (χ1) is 9.90. The molecule has 1 atom stereocenters. The number of fused-ring (bicyclic) bond motifs is 1. The van der Waals surface area contributed by atoms with Crippen LogP contribution in [-0.4, -0.2) is 38.1 Å². The van der Waals surface area contributed by atoms with E-state index in [9.17, 15) is 13.2 Å². The molecular formula is C14H16ClNO4S. The van der Waals surface area contributed by atoms with E-state index >= 15 is 0 Å². The van der Waals surface area contributed by atoms with Crippen LogP contribution in [0.2, 0.25) is 0 Å². The van der Waals surface area contributed by atoms with E-state index in [1.807, 2.05) is 12.1 Å². The van der Waals surface area contributed by atoms with E-state index in [2.05, 4.69) is 6.07 Å². The van der Waals surface area contributed by atoms with Gasteiger partial charge in [-0.2, -0.15) is 0 Å². The van der Waals surface area contributed by atoms with Crippen LogP contribution < -0.4 is 4.74 Å². The molecule has 1 aromatic carbocycles. The third-order valence-electron chi connectivity index (χ3n) is 3.86. The molecule has 0 N–H and O–H groups in total. The Morgan fingerprint density at radius 1 is 1.38 bits per heavy atom. The zero-order valence-corrected chi connectivity index (χ0v) is 13.0. The Morgan fingerprint density at radius 3 is 2.95 bits per heavy atom. The molecule has 1 amide bonds. The molecule has 5 nitrogen and oxygen atoms in total. The number of hydrogen-bond acceptors (Lipinski definition) is 4. The largest absolute Gasteiger partial charge is 0.493 e. The van der Waals surface area contributed by atoms with Crippen molar-refractivity contribution < 1.29 is 17.9 Å². The number of amides is 1. The van der Waals surface area contributed by atoms with Crippen LogP contribution in [0.3, 0.4) is 0 Å². The molecule has 1 aromatic rings. The van der Waals surface area contributed by atoms with Gasteiger partial charge >= 0.3 is 0 Å². The summed E-state index contributed by atoms with van der Waals surface area (Å²) in [5.41, 5.74) is 2.21. The third kappa shape index (κ3) is 3.49. The summed E-state index contributed by atoms with van der Waals surface area (Å²) in [6, 6.07) is 5.93. The van der Waals surface area contributed by atoms with Gasteiger partial charge in [0.15, 0.2) is 0 Å². The summed E-state index contributed by atoms with van der Waals surface area (Å²) in [5.74, 6) is 0.543. The van der Waals surface area contributed by atoms with Crippen LogP contribution in [0.1, 0.15) is 17.5 Å². The zero-order valence-electron chi connectivity index (χ0n) is 11.4. The van der Waals surface area contributed by atoms with Crippen LogP contribution >= 0.6 is 10.7 Å². The van der Waals surface area contributed by atoms with E-state index < -0.39 is 9.05 Å². The number of halogens is 1. The Bertz CT molecular complexity index is 674. The summed E-state index contributed by atoms with van der Waals surface area (Å²) in [4.78, 5) is 13.7. The highest BCUT2D eigenvalue weighted by Gasteiger charge is 2.32. The number of hydrogen-bond donors (Lipinski definition) is 0. The van der Waals surface area contributed by atoms with Gasteiger partial charge in [-0.05, 0) is 17.2 Å². The fourth-order valence-corrected chi connectivity index (χ4v) is 4.28. The third-order valence-corrected chi connectivity index (χ3v) is 5.10. The number of carbonyl (C=O) groups is 1. The molecule has 1 unspecified atom stereocenters. The minimum atomic E-state index is -3.56. The predicted octanol–water partition coefficient (Wildman–Crippen LogP) is 1.54. The van der Waals surface area contributed by atoms with E-state index in [1.54, 1.807) is 4.90 Å². The Kier molecular flexibility index (Phi) is 3.84. The van der Waals surface area contributed by atoms with Gasteiger partial charge in [0.2, 0.25) is 15.0 Å². The molecule has 114 valence electrons. The van der Waals surface area contributed by atoms with Crippen LogP contribution in [0.5, 0.6) is 5.75 Å². The van der Waals surface area contributed by atoms with Gasteiger partial charge in [0.05, 0.1) is 12.4 Å². The second-order valence-electron chi connectivity index (χ2n) is 5.59. The van der Waals surface area contributed by atoms with Crippen molar-refractivity contribution in [2.45, 2.75) is 19.4 Å². The number of ether oxygens (including phenoxy) is 1. The molecule has 1 fully saturated rings. The first-order valence-corrected chi connectivity index (χ1v) is 9.33. The molecule has 0 bridgehead atoms. The Hall–Kier alpha value is -1.27. The lowest BCUT2D eigenvalue weighted by Crippen LogP contribution is -2.25. The molecule has 3 rings (SSSR count). The van der Waals surface area contributed by atoms with E-state index in [-0.39, 0.29) is 24.0 Å². The number of rotatable bonds is 4. The smallest absolute Gasteiger partial charge is 0.232 e. The van der Waals surface area contributed by atoms with Gasteiger partial charge in [0.25, 0.3) is 0 Å². The standard InChI is InChI=1S/C14H16ClNO4S/c15-21(18,19)9-11-6-14(17)16(8-11)7-10-1-2-13-12(5-10)3-4-20-13/h1-2,5,11H,3-4,6-9H2. The van der Waals surface area contributed by atoms with Gasteiger partial charge in [-0.15, -0.1) is 0 Å². The van der Waals surface area contributed by atoms with Gasteiger partial charge in [-0.25, -0.2) is 8.42 Å². The minimum absolute atomic E-state index is 0.0166. The fraction of sp³-hybridized carbons (Fsp3) is 0.500. The van der Waals surface area contributed by atoms with Crippen molar-refractivity contribution in [3.63, 3.8) is 0 Å². The Morgan fingerprint density at radius 2 is 2.19 bits per heavy atom. The van der Waals surface area contributed by atoms with Gasteiger partial charge in [-0.3, -0.25) is 4.79 Å². The van der Waals surface area contributed by atoms with E-state index in [0.717, 1.165) is 17.7 Å². The molecule has 0 saturated carbocycles. The van der Waals surface area contributed by atoms with Crippen molar-refractivity contribution in [3.8, 4) is 5.75 Å². The number of carbonyl (C=O) groups excluding carboxylic acids is 1. The van der Waals surface area contributed by atoms with Crippen LogP contribution in [0.25, 0.3) is 0 Å². The average molecular weight is 330 g/mol. The molecule has 0 aliphatic carbocycles. The van der Waals surface area contributed by atoms with Gasteiger partial charge in [0, 0.05) is 42.5 Å². The normalized spacial score (nSPS) is 21.5. The van der Waals surface area contributed by atoms with Crippen LogP contribution in [-0.2, 0) is 26.8 Å². The fourth-order valence-electron chi connectivity index (χ4n) is 2.96. The van der Waals surface area contributed by atoms with Crippen molar-refractivity contribution in [1.29, 1.82) is 0 Å². The zero-order chi connectivity index (χ0) is 15.0. The average Bonchev–Trinajstić information content (AvgIpc) is 2.94. The monoisotopic (exact) mass is 329 g/mol. The van der Waals surface area contributed by atoms with E-state index in [1.165, 1.54) is 5.56 Å². The lowest BCUT2D eigenvalue weighted by molar-refractivity contribution is -0.128. The molecule has 2 heterocycles. The van der Waals surface area contributed by atoms with Crippen LogP contribution in [0, 0.1) is 5.92 Å². The van der Waals surface area contributed by atoms with Crippen molar-refractivity contribution in [2.75, 3.05) is 18.9 Å². The molecular weight excluding hydrogens is 314 g/mol. The quantitative estimate of drug-likeness (QED) is 0.786. The highest BCUT2D eigenvalue weighted by Crippen LogP contribution is 2.28. The summed E-state index contributed by atoms with van der Waals surface area (Å²) < 4.78 is 27.7. The lowest BCUT2D eigenvalue weighted by atomic mass is 10.1. The van der Waals surface area contributed by atoms with Gasteiger partial charge < -0.3 is 9.64 Å². The first-order valence-electron chi connectivity index (χ1n) is 6.85. The van der Waals surface area contributed by atoms with Crippen LogP contribution in [0.15, 0.2) is 18.2 Å². The van der Waals surface area contributed by atoms with E-state index in [0.29, 0.717) is 19.7 Å². The summed E-state index contributed by atoms with van der Waals surface area (Å²) in [6.45, 7) is 1.65. The maximum atomic E-state index is 12.0. The first kappa shape index (κ1) is 14.7. The van der Waals surface area contributed by atoms with Crippen molar-refractivity contribution in [1.82, 2.24) is 4.90 Å². The molecule has 2 aliphatic rings. The molecule has 0 aromatic heterocycles. The van der Waals surface area contributed by atoms with Crippen molar-refractivity contribution in [3.05, 3.63) is 29.3 Å². The van der Waals surface area contributed by atoms with Crippen molar-refractivity contribution >= 4 is 25.6 Å².